The van der Waals surface area contributed by atoms with Gasteiger partial charge in [0, 0.05) is 32.1 Å². The van der Waals surface area contributed by atoms with Gasteiger partial charge in [-0.3, -0.25) is 9.69 Å². The molecular weight excluding hydrogens is 226 g/mol. The Balaban J connectivity index is 1.60. The van der Waals surface area contributed by atoms with Gasteiger partial charge in [-0.25, -0.2) is 0 Å². The van der Waals surface area contributed by atoms with Crippen molar-refractivity contribution in [2.45, 2.75) is 38.5 Å². The zero-order valence-electron chi connectivity index (χ0n) is 11.4. The molecule has 18 heavy (non-hydrogen) atoms. The highest BCUT2D eigenvalue weighted by molar-refractivity contribution is 5.79. The summed E-state index contributed by atoms with van der Waals surface area (Å²) in [5.41, 5.74) is 5.49. The summed E-state index contributed by atoms with van der Waals surface area (Å²) in [6.07, 6.45) is 7.11. The number of hydrogen-bond acceptors (Lipinski definition) is 3. The molecule has 1 saturated heterocycles. The van der Waals surface area contributed by atoms with Gasteiger partial charge < -0.3 is 10.6 Å². The molecule has 4 nitrogen and oxygen atoms in total. The largest absolute Gasteiger partial charge is 0.340 e. The van der Waals surface area contributed by atoms with E-state index in [1.54, 1.807) is 0 Å². The number of unbranched alkanes of at least 4 members (excludes halogenated alkanes) is 2. The molecule has 0 spiro atoms. The third-order valence-electron chi connectivity index (χ3n) is 4.32. The molecule has 0 unspecified atom stereocenters. The van der Waals surface area contributed by atoms with Crippen LogP contribution in [-0.2, 0) is 4.79 Å². The summed E-state index contributed by atoms with van der Waals surface area (Å²) in [6, 6.07) is 0. The van der Waals surface area contributed by atoms with Gasteiger partial charge in [0.15, 0.2) is 0 Å². The van der Waals surface area contributed by atoms with E-state index in [0.29, 0.717) is 11.8 Å². The Morgan fingerprint density at radius 3 is 2.33 bits per heavy atom. The van der Waals surface area contributed by atoms with Crippen LogP contribution in [0.15, 0.2) is 0 Å². The third kappa shape index (κ3) is 3.69. The molecule has 2 rings (SSSR count). The molecule has 0 bridgehead atoms. The van der Waals surface area contributed by atoms with Crippen LogP contribution in [-0.4, -0.2) is 55.0 Å². The monoisotopic (exact) mass is 253 g/mol. The molecule has 1 heterocycles. The molecule has 1 saturated carbocycles. The van der Waals surface area contributed by atoms with Crippen LogP contribution < -0.4 is 5.73 Å². The summed E-state index contributed by atoms with van der Waals surface area (Å²) in [6.45, 7) is 5.97. The quantitative estimate of drug-likeness (QED) is 0.720. The number of piperazine rings is 1. The van der Waals surface area contributed by atoms with E-state index in [1.165, 1.54) is 25.8 Å². The molecule has 2 aliphatic rings. The Bertz CT molecular complexity index is 258. The van der Waals surface area contributed by atoms with Crippen molar-refractivity contribution >= 4 is 5.91 Å². The average Bonchev–Trinajstić information content (AvgIpc) is 2.33. The van der Waals surface area contributed by atoms with E-state index >= 15 is 0 Å². The first-order valence-corrected chi connectivity index (χ1v) is 7.52. The van der Waals surface area contributed by atoms with Gasteiger partial charge in [0.1, 0.15) is 0 Å². The second-order valence-electron chi connectivity index (χ2n) is 5.64. The molecule has 0 aromatic rings. The van der Waals surface area contributed by atoms with Gasteiger partial charge in [-0.05, 0) is 38.8 Å². The molecule has 0 radical (unpaired) electrons. The lowest BCUT2D eigenvalue weighted by molar-refractivity contribution is -0.139. The fourth-order valence-electron chi connectivity index (χ4n) is 2.76. The van der Waals surface area contributed by atoms with Crippen LogP contribution in [0.1, 0.15) is 38.5 Å². The minimum atomic E-state index is 0.362. The zero-order chi connectivity index (χ0) is 12.8. The van der Waals surface area contributed by atoms with Gasteiger partial charge >= 0.3 is 0 Å². The normalized spacial score (nSPS) is 21.9. The van der Waals surface area contributed by atoms with E-state index in [9.17, 15) is 4.79 Å². The molecule has 1 aliphatic heterocycles. The standard InChI is InChI=1S/C14H27N3O/c15-7-2-1-3-8-16-9-11-17(12-10-16)14(18)13-5-4-6-13/h13H,1-12,15H2. The molecule has 0 atom stereocenters. The number of hydrogen-bond donors (Lipinski definition) is 1. The van der Waals surface area contributed by atoms with E-state index in [4.69, 9.17) is 5.73 Å². The first-order chi connectivity index (χ1) is 8.81. The SMILES string of the molecule is NCCCCCN1CCN(C(=O)C2CCC2)CC1. The minimum absolute atomic E-state index is 0.362. The first-order valence-electron chi connectivity index (χ1n) is 7.52. The first kappa shape index (κ1) is 13.8. The summed E-state index contributed by atoms with van der Waals surface area (Å²) in [5, 5.41) is 0. The van der Waals surface area contributed by atoms with E-state index in [1.807, 2.05) is 0 Å². The Morgan fingerprint density at radius 1 is 1.06 bits per heavy atom. The second-order valence-corrected chi connectivity index (χ2v) is 5.64. The molecule has 2 fully saturated rings. The van der Waals surface area contributed by atoms with Crippen molar-refractivity contribution in [2.24, 2.45) is 11.7 Å². The van der Waals surface area contributed by atoms with E-state index in [2.05, 4.69) is 9.80 Å². The van der Waals surface area contributed by atoms with E-state index in [-0.39, 0.29) is 0 Å². The van der Waals surface area contributed by atoms with Gasteiger partial charge in [-0.2, -0.15) is 0 Å². The summed E-state index contributed by atoms with van der Waals surface area (Å²) < 4.78 is 0. The number of carbonyl (C=O) groups is 1. The van der Waals surface area contributed by atoms with E-state index < -0.39 is 0 Å². The number of carbonyl (C=O) groups excluding carboxylic acids is 1. The Kier molecular flexibility index (Phi) is 5.45. The molecule has 104 valence electrons. The van der Waals surface area contributed by atoms with Crippen molar-refractivity contribution in [3.05, 3.63) is 0 Å². The maximum atomic E-state index is 12.1. The molecule has 4 heteroatoms. The van der Waals surface area contributed by atoms with Crippen LogP contribution in [0.3, 0.4) is 0 Å². The molecule has 1 amide bonds. The summed E-state index contributed by atoms with van der Waals surface area (Å²) >= 11 is 0. The smallest absolute Gasteiger partial charge is 0.225 e. The molecule has 0 aromatic carbocycles. The Labute approximate surface area is 110 Å². The molecule has 2 N–H and O–H groups in total. The van der Waals surface area contributed by atoms with Crippen LogP contribution in [0.5, 0.6) is 0 Å². The van der Waals surface area contributed by atoms with Gasteiger partial charge in [0.2, 0.25) is 5.91 Å². The van der Waals surface area contributed by atoms with Crippen molar-refractivity contribution in [2.75, 3.05) is 39.3 Å². The van der Waals surface area contributed by atoms with E-state index in [0.717, 1.165) is 52.0 Å². The third-order valence-corrected chi connectivity index (χ3v) is 4.32. The van der Waals surface area contributed by atoms with Crippen LogP contribution in [0.2, 0.25) is 0 Å². The van der Waals surface area contributed by atoms with Gasteiger partial charge in [0.25, 0.3) is 0 Å². The molecular formula is C14H27N3O. The predicted octanol–water partition coefficient (Wildman–Crippen LogP) is 1.06. The van der Waals surface area contributed by atoms with Crippen LogP contribution in [0.4, 0.5) is 0 Å². The summed E-state index contributed by atoms with van der Waals surface area (Å²) in [7, 11) is 0. The van der Waals surface area contributed by atoms with Crippen molar-refractivity contribution < 1.29 is 4.79 Å². The number of rotatable bonds is 6. The summed E-state index contributed by atoms with van der Waals surface area (Å²) in [4.78, 5) is 16.7. The lowest BCUT2D eigenvalue weighted by Gasteiger charge is -2.38. The topological polar surface area (TPSA) is 49.6 Å². The van der Waals surface area contributed by atoms with Crippen LogP contribution in [0, 0.1) is 5.92 Å². The fraction of sp³-hybridized carbons (Fsp3) is 0.929. The van der Waals surface area contributed by atoms with Gasteiger partial charge in [-0.15, -0.1) is 0 Å². The predicted molar refractivity (Wildman–Crippen MR) is 73.3 cm³/mol. The highest BCUT2D eigenvalue weighted by Gasteiger charge is 2.30. The molecule has 0 aromatic heterocycles. The fourth-order valence-corrected chi connectivity index (χ4v) is 2.76. The lowest BCUT2D eigenvalue weighted by atomic mass is 9.84. The Hall–Kier alpha value is -0.610. The van der Waals surface area contributed by atoms with Crippen molar-refractivity contribution in [1.82, 2.24) is 9.80 Å². The lowest BCUT2D eigenvalue weighted by Crippen LogP contribution is -2.51. The van der Waals surface area contributed by atoms with Gasteiger partial charge in [0.05, 0.1) is 0 Å². The number of nitrogens with two attached hydrogens (primary N) is 1. The summed E-state index contributed by atoms with van der Waals surface area (Å²) in [5.74, 6) is 0.783. The van der Waals surface area contributed by atoms with Crippen molar-refractivity contribution in [3.8, 4) is 0 Å². The Morgan fingerprint density at radius 2 is 1.78 bits per heavy atom. The number of amides is 1. The highest BCUT2D eigenvalue weighted by Crippen LogP contribution is 2.28. The van der Waals surface area contributed by atoms with Crippen LogP contribution in [0.25, 0.3) is 0 Å². The average molecular weight is 253 g/mol. The van der Waals surface area contributed by atoms with Gasteiger partial charge in [-0.1, -0.05) is 12.8 Å². The second kappa shape index (κ2) is 7.10. The zero-order valence-corrected chi connectivity index (χ0v) is 11.4. The maximum Gasteiger partial charge on any atom is 0.225 e. The maximum absolute atomic E-state index is 12.1. The van der Waals surface area contributed by atoms with Crippen molar-refractivity contribution in [1.29, 1.82) is 0 Å². The molecule has 1 aliphatic carbocycles. The number of nitrogens with zero attached hydrogens (tertiary/aromatic N) is 2. The highest BCUT2D eigenvalue weighted by atomic mass is 16.2. The van der Waals surface area contributed by atoms with Crippen LogP contribution >= 0.6 is 0 Å². The minimum Gasteiger partial charge on any atom is -0.340 e. The van der Waals surface area contributed by atoms with Crippen molar-refractivity contribution in [3.63, 3.8) is 0 Å².